The molecule has 0 bridgehead atoms. The molecule has 6 heteroatoms. The van der Waals surface area contributed by atoms with Gasteiger partial charge >= 0.3 is 5.97 Å². The van der Waals surface area contributed by atoms with Crippen LogP contribution in [-0.2, 0) is 4.79 Å². The van der Waals surface area contributed by atoms with Crippen LogP contribution in [0.4, 0.5) is 0 Å². The van der Waals surface area contributed by atoms with Crippen molar-refractivity contribution in [2.24, 2.45) is 5.41 Å². The number of rotatable bonds is 2. The average molecular weight is 313 g/mol. The van der Waals surface area contributed by atoms with Gasteiger partial charge in [0.1, 0.15) is 5.69 Å². The quantitative estimate of drug-likeness (QED) is 0.903. The van der Waals surface area contributed by atoms with Crippen LogP contribution in [-0.4, -0.2) is 40.0 Å². The van der Waals surface area contributed by atoms with E-state index >= 15 is 0 Å². The molecule has 1 atom stereocenters. The molecule has 0 radical (unpaired) electrons. The number of hydrogen-bond acceptors (Lipinski definition) is 3. The molecule has 18 heavy (non-hydrogen) atoms. The highest BCUT2D eigenvalue weighted by Gasteiger charge is 2.42. The van der Waals surface area contributed by atoms with Gasteiger partial charge in [0.15, 0.2) is 0 Å². The zero-order valence-electron chi connectivity index (χ0n) is 9.89. The van der Waals surface area contributed by atoms with Crippen molar-refractivity contribution >= 4 is 27.8 Å². The Kier molecular flexibility index (Phi) is 3.38. The van der Waals surface area contributed by atoms with Crippen LogP contribution in [0, 0.1) is 5.41 Å². The number of nitrogens with zero attached hydrogens (tertiary/aromatic N) is 2. The summed E-state index contributed by atoms with van der Waals surface area (Å²) in [7, 11) is 0. The van der Waals surface area contributed by atoms with E-state index in [0.29, 0.717) is 18.7 Å². The Bertz CT molecular complexity index is 489. The summed E-state index contributed by atoms with van der Waals surface area (Å²) in [6.45, 7) is 2.36. The van der Waals surface area contributed by atoms with Crippen LogP contribution in [0.1, 0.15) is 23.8 Å². The Hall–Kier alpha value is -1.43. The highest BCUT2D eigenvalue weighted by molar-refractivity contribution is 9.10. The van der Waals surface area contributed by atoms with Crippen LogP contribution < -0.4 is 0 Å². The van der Waals surface area contributed by atoms with Gasteiger partial charge in [-0.3, -0.25) is 9.59 Å². The maximum atomic E-state index is 12.1. The van der Waals surface area contributed by atoms with Gasteiger partial charge in [-0.2, -0.15) is 0 Å². The molecular formula is C12H13BrN2O3. The van der Waals surface area contributed by atoms with Gasteiger partial charge in [-0.1, -0.05) is 0 Å². The molecule has 0 saturated carbocycles. The lowest BCUT2D eigenvalue weighted by molar-refractivity contribution is -0.147. The number of aromatic nitrogens is 1. The largest absolute Gasteiger partial charge is 0.481 e. The van der Waals surface area contributed by atoms with E-state index in [2.05, 4.69) is 20.9 Å². The second-order valence-corrected chi connectivity index (χ2v) is 5.62. The van der Waals surface area contributed by atoms with Crippen LogP contribution in [0.25, 0.3) is 0 Å². The van der Waals surface area contributed by atoms with Crippen molar-refractivity contribution < 1.29 is 14.7 Å². The van der Waals surface area contributed by atoms with Gasteiger partial charge in [0.2, 0.25) is 0 Å². The van der Waals surface area contributed by atoms with Crippen LogP contribution in [0.3, 0.4) is 0 Å². The van der Waals surface area contributed by atoms with Gasteiger partial charge in [0, 0.05) is 23.8 Å². The molecular weight excluding hydrogens is 300 g/mol. The Morgan fingerprint density at radius 3 is 2.72 bits per heavy atom. The molecule has 1 aromatic rings. The monoisotopic (exact) mass is 312 g/mol. The highest BCUT2D eigenvalue weighted by Crippen LogP contribution is 2.30. The Morgan fingerprint density at radius 2 is 2.22 bits per heavy atom. The van der Waals surface area contributed by atoms with E-state index in [1.54, 1.807) is 30.2 Å². The maximum absolute atomic E-state index is 12.1. The summed E-state index contributed by atoms with van der Waals surface area (Å²) >= 11 is 3.25. The van der Waals surface area contributed by atoms with E-state index in [0.717, 1.165) is 4.47 Å². The number of likely N-dealkylation sites (tertiary alicyclic amines) is 1. The number of halogens is 1. The first-order chi connectivity index (χ1) is 8.42. The first kappa shape index (κ1) is 13.0. The summed E-state index contributed by atoms with van der Waals surface area (Å²) in [6.07, 6.45) is 2.03. The summed E-state index contributed by atoms with van der Waals surface area (Å²) < 4.78 is 0.802. The molecule has 1 N–H and O–H groups in total. The second-order valence-electron chi connectivity index (χ2n) is 4.70. The molecule has 0 aromatic carbocycles. The number of carboxylic acids is 1. The summed E-state index contributed by atoms with van der Waals surface area (Å²) in [5.74, 6) is -1.07. The van der Waals surface area contributed by atoms with Crippen LogP contribution >= 0.6 is 15.9 Å². The van der Waals surface area contributed by atoms with Crippen molar-refractivity contribution in [3.05, 3.63) is 28.5 Å². The molecule has 1 aliphatic heterocycles. The van der Waals surface area contributed by atoms with Crippen LogP contribution in [0.5, 0.6) is 0 Å². The topological polar surface area (TPSA) is 70.5 Å². The van der Waals surface area contributed by atoms with Crippen molar-refractivity contribution in [2.45, 2.75) is 13.3 Å². The molecule has 1 fully saturated rings. The average Bonchev–Trinajstić information content (AvgIpc) is 2.73. The van der Waals surface area contributed by atoms with Crippen LogP contribution in [0.2, 0.25) is 0 Å². The first-order valence-electron chi connectivity index (χ1n) is 5.57. The van der Waals surface area contributed by atoms with Crippen molar-refractivity contribution in [1.29, 1.82) is 0 Å². The number of amides is 1. The van der Waals surface area contributed by atoms with Crippen molar-refractivity contribution in [3.63, 3.8) is 0 Å². The molecule has 0 spiro atoms. The predicted molar refractivity (Wildman–Crippen MR) is 68.2 cm³/mol. The fourth-order valence-corrected chi connectivity index (χ4v) is 2.21. The fraction of sp³-hybridized carbons (Fsp3) is 0.417. The second kappa shape index (κ2) is 4.68. The fourth-order valence-electron chi connectivity index (χ4n) is 1.97. The standard InChI is InChI=1S/C12H13BrN2O3/c1-12(11(17)18)4-5-15(7-12)10(16)9-3-2-8(13)6-14-9/h2-3,6H,4-5,7H2,1H3,(H,17,18). The molecule has 1 saturated heterocycles. The summed E-state index contributed by atoms with van der Waals surface area (Å²) in [5.41, 5.74) is -0.502. The van der Waals surface area contributed by atoms with Gasteiger partial charge in [-0.05, 0) is 41.4 Å². The highest BCUT2D eigenvalue weighted by atomic mass is 79.9. The maximum Gasteiger partial charge on any atom is 0.311 e. The van der Waals surface area contributed by atoms with E-state index in [4.69, 9.17) is 5.11 Å². The first-order valence-corrected chi connectivity index (χ1v) is 6.36. The van der Waals surface area contributed by atoms with Crippen molar-refractivity contribution in [1.82, 2.24) is 9.88 Å². The number of carboxylic acid groups (broad SMARTS) is 1. The molecule has 0 aliphatic carbocycles. The third kappa shape index (κ3) is 2.38. The molecule has 1 amide bonds. The Morgan fingerprint density at radius 1 is 1.50 bits per heavy atom. The SMILES string of the molecule is CC1(C(=O)O)CCN(C(=O)c2ccc(Br)cn2)C1. The van der Waals surface area contributed by atoms with E-state index in [9.17, 15) is 9.59 Å². The summed E-state index contributed by atoms with van der Waals surface area (Å²) in [5, 5.41) is 9.12. The zero-order chi connectivity index (χ0) is 13.3. The van der Waals surface area contributed by atoms with Gasteiger partial charge in [-0.25, -0.2) is 4.98 Å². The molecule has 5 nitrogen and oxygen atoms in total. The molecule has 1 aromatic heterocycles. The van der Waals surface area contributed by atoms with E-state index in [-0.39, 0.29) is 12.5 Å². The van der Waals surface area contributed by atoms with Gasteiger partial charge in [0.05, 0.1) is 5.41 Å². The molecule has 2 rings (SSSR count). The van der Waals surface area contributed by atoms with E-state index in [1.165, 1.54) is 0 Å². The van der Waals surface area contributed by atoms with Crippen molar-refractivity contribution in [3.8, 4) is 0 Å². The Labute approximate surface area is 113 Å². The summed E-state index contributed by atoms with van der Waals surface area (Å²) in [6, 6.07) is 3.37. The van der Waals surface area contributed by atoms with Gasteiger partial charge in [-0.15, -0.1) is 0 Å². The minimum absolute atomic E-state index is 0.215. The number of pyridine rings is 1. The number of carbonyl (C=O) groups excluding carboxylic acids is 1. The third-order valence-electron chi connectivity index (χ3n) is 3.22. The molecule has 1 unspecified atom stereocenters. The molecule has 1 aliphatic rings. The number of hydrogen-bond donors (Lipinski definition) is 1. The number of carbonyl (C=O) groups is 2. The van der Waals surface area contributed by atoms with Crippen LogP contribution in [0.15, 0.2) is 22.8 Å². The Balaban J connectivity index is 2.12. The zero-order valence-corrected chi connectivity index (χ0v) is 11.5. The summed E-state index contributed by atoms with van der Waals surface area (Å²) in [4.78, 5) is 28.8. The minimum Gasteiger partial charge on any atom is -0.481 e. The minimum atomic E-state index is -0.860. The lowest BCUT2D eigenvalue weighted by Crippen LogP contribution is -2.35. The molecule has 96 valence electrons. The van der Waals surface area contributed by atoms with E-state index in [1.807, 2.05) is 0 Å². The smallest absolute Gasteiger partial charge is 0.311 e. The molecule has 2 heterocycles. The predicted octanol–water partition coefficient (Wildman–Crippen LogP) is 1.78. The number of aliphatic carboxylic acids is 1. The van der Waals surface area contributed by atoms with E-state index < -0.39 is 11.4 Å². The lowest BCUT2D eigenvalue weighted by Gasteiger charge is -2.19. The van der Waals surface area contributed by atoms with Gasteiger partial charge < -0.3 is 10.0 Å². The third-order valence-corrected chi connectivity index (χ3v) is 3.69. The van der Waals surface area contributed by atoms with Crippen molar-refractivity contribution in [2.75, 3.05) is 13.1 Å². The van der Waals surface area contributed by atoms with Gasteiger partial charge in [0.25, 0.3) is 5.91 Å². The normalized spacial score (nSPS) is 23.1. The lowest BCUT2D eigenvalue weighted by atomic mass is 9.90.